The SMILES string of the molecule is N#Cc1ccc(Cl)cc1NC(=O)CN1CCN(Cc2ccccc2)CC1. The maximum absolute atomic E-state index is 12.3. The molecule has 2 aromatic carbocycles. The first-order chi connectivity index (χ1) is 12.6. The van der Waals surface area contributed by atoms with E-state index >= 15 is 0 Å². The summed E-state index contributed by atoms with van der Waals surface area (Å²) in [5.41, 5.74) is 2.19. The van der Waals surface area contributed by atoms with E-state index in [4.69, 9.17) is 16.9 Å². The number of rotatable bonds is 5. The number of nitrogens with one attached hydrogen (secondary N) is 1. The second-order valence-electron chi connectivity index (χ2n) is 6.39. The van der Waals surface area contributed by atoms with Gasteiger partial charge in [0, 0.05) is 37.7 Å². The van der Waals surface area contributed by atoms with Crippen molar-refractivity contribution in [2.45, 2.75) is 6.54 Å². The van der Waals surface area contributed by atoms with E-state index in [1.165, 1.54) is 5.56 Å². The summed E-state index contributed by atoms with van der Waals surface area (Å²) < 4.78 is 0. The molecule has 0 spiro atoms. The quantitative estimate of drug-likeness (QED) is 0.881. The largest absolute Gasteiger partial charge is 0.324 e. The van der Waals surface area contributed by atoms with Gasteiger partial charge in [-0.15, -0.1) is 0 Å². The van der Waals surface area contributed by atoms with Crippen LogP contribution in [0, 0.1) is 11.3 Å². The van der Waals surface area contributed by atoms with Crippen LogP contribution in [0.15, 0.2) is 48.5 Å². The van der Waals surface area contributed by atoms with Crippen molar-refractivity contribution in [2.75, 3.05) is 38.0 Å². The monoisotopic (exact) mass is 368 g/mol. The van der Waals surface area contributed by atoms with Gasteiger partial charge < -0.3 is 5.32 Å². The Bertz CT molecular complexity index is 795. The summed E-state index contributed by atoms with van der Waals surface area (Å²) in [7, 11) is 0. The van der Waals surface area contributed by atoms with E-state index in [1.54, 1.807) is 18.2 Å². The van der Waals surface area contributed by atoms with E-state index in [0.29, 0.717) is 22.8 Å². The number of hydrogen-bond donors (Lipinski definition) is 1. The highest BCUT2D eigenvalue weighted by Crippen LogP contribution is 2.20. The molecule has 0 atom stereocenters. The van der Waals surface area contributed by atoms with Crippen LogP contribution in [0.5, 0.6) is 0 Å². The lowest BCUT2D eigenvalue weighted by Crippen LogP contribution is -2.48. The molecule has 3 rings (SSSR count). The predicted octanol–water partition coefficient (Wildman–Crippen LogP) is 2.97. The van der Waals surface area contributed by atoms with E-state index in [0.717, 1.165) is 32.7 Å². The molecule has 0 saturated carbocycles. The van der Waals surface area contributed by atoms with Gasteiger partial charge in [0.1, 0.15) is 6.07 Å². The Hall–Kier alpha value is -2.39. The zero-order valence-corrected chi connectivity index (χ0v) is 15.2. The molecule has 0 aliphatic carbocycles. The van der Waals surface area contributed by atoms with Crippen molar-refractivity contribution in [3.63, 3.8) is 0 Å². The fourth-order valence-corrected chi connectivity index (χ4v) is 3.23. The number of carbonyl (C=O) groups excluding carboxylic acids is 1. The van der Waals surface area contributed by atoms with Gasteiger partial charge in [0.25, 0.3) is 0 Å². The van der Waals surface area contributed by atoms with Gasteiger partial charge in [-0.3, -0.25) is 14.6 Å². The molecule has 1 aliphatic rings. The van der Waals surface area contributed by atoms with E-state index < -0.39 is 0 Å². The normalized spacial score (nSPS) is 15.4. The van der Waals surface area contributed by atoms with Gasteiger partial charge >= 0.3 is 0 Å². The number of carbonyl (C=O) groups is 1. The van der Waals surface area contributed by atoms with Gasteiger partial charge in [-0.05, 0) is 23.8 Å². The Morgan fingerprint density at radius 2 is 1.77 bits per heavy atom. The highest BCUT2D eigenvalue weighted by atomic mass is 35.5. The first kappa shape index (κ1) is 18.4. The Kier molecular flexibility index (Phi) is 6.24. The van der Waals surface area contributed by atoms with Gasteiger partial charge in [-0.25, -0.2) is 0 Å². The third kappa shape index (κ3) is 5.06. The van der Waals surface area contributed by atoms with Crippen LogP contribution in [0.4, 0.5) is 5.69 Å². The van der Waals surface area contributed by atoms with Crippen LogP contribution in [0.2, 0.25) is 5.02 Å². The first-order valence-electron chi connectivity index (χ1n) is 8.62. The Morgan fingerprint density at radius 1 is 1.08 bits per heavy atom. The van der Waals surface area contributed by atoms with Crippen molar-refractivity contribution in [3.8, 4) is 6.07 Å². The van der Waals surface area contributed by atoms with Gasteiger partial charge in [-0.2, -0.15) is 5.26 Å². The van der Waals surface area contributed by atoms with Crippen molar-refractivity contribution in [1.29, 1.82) is 5.26 Å². The molecule has 1 heterocycles. The smallest absolute Gasteiger partial charge is 0.238 e. The van der Waals surface area contributed by atoms with E-state index in [9.17, 15) is 4.79 Å². The van der Waals surface area contributed by atoms with Crippen LogP contribution in [-0.4, -0.2) is 48.4 Å². The molecule has 26 heavy (non-hydrogen) atoms. The van der Waals surface area contributed by atoms with Crippen LogP contribution in [0.3, 0.4) is 0 Å². The molecule has 1 amide bonds. The van der Waals surface area contributed by atoms with Crippen molar-refractivity contribution >= 4 is 23.2 Å². The third-order valence-electron chi connectivity index (χ3n) is 4.46. The van der Waals surface area contributed by atoms with Crippen LogP contribution < -0.4 is 5.32 Å². The topological polar surface area (TPSA) is 59.4 Å². The molecule has 0 aromatic heterocycles. The van der Waals surface area contributed by atoms with Gasteiger partial charge in [0.2, 0.25) is 5.91 Å². The lowest BCUT2D eigenvalue weighted by molar-refractivity contribution is -0.117. The third-order valence-corrected chi connectivity index (χ3v) is 4.69. The number of halogens is 1. The minimum Gasteiger partial charge on any atom is -0.324 e. The molecule has 1 aliphatic heterocycles. The Morgan fingerprint density at radius 3 is 2.46 bits per heavy atom. The van der Waals surface area contributed by atoms with Gasteiger partial charge in [0.05, 0.1) is 17.8 Å². The minimum atomic E-state index is -0.125. The summed E-state index contributed by atoms with van der Waals surface area (Å²) in [5, 5.41) is 12.4. The van der Waals surface area contributed by atoms with E-state index in [1.807, 2.05) is 6.07 Å². The summed E-state index contributed by atoms with van der Waals surface area (Å²) in [6, 6.07) is 17.3. The predicted molar refractivity (Wildman–Crippen MR) is 103 cm³/mol. The van der Waals surface area contributed by atoms with Crippen LogP contribution in [0.1, 0.15) is 11.1 Å². The first-order valence-corrected chi connectivity index (χ1v) is 9.00. The van der Waals surface area contributed by atoms with Crippen molar-refractivity contribution in [3.05, 3.63) is 64.7 Å². The van der Waals surface area contributed by atoms with E-state index in [2.05, 4.69) is 45.5 Å². The lowest BCUT2D eigenvalue weighted by atomic mass is 10.2. The number of nitrogens with zero attached hydrogens (tertiary/aromatic N) is 3. The molecule has 5 nitrogen and oxygen atoms in total. The standard InChI is InChI=1S/C20H21ClN4O/c21-18-7-6-17(13-22)19(12-18)23-20(26)15-25-10-8-24(9-11-25)14-16-4-2-1-3-5-16/h1-7,12H,8-11,14-15H2,(H,23,26). The number of piperazine rings is 1. The summed E-state index contributed by atoms with van der Waals surface area (Å²) in [6.07, 6.45) is 0. The summed E-state index contributed by atoms with van der Waals surface area (Å²) in [4.78, 5) is 16.8. The van der Waals surface area contributed by atoms with Crippen LogP contribution >= 0.6 is 11.6 Å². The van der Waals surface area contributed by atoms with Crippen LogP contribution in [0.25, 0.3) is 0 Å². The van der Waals surface area contributed by atoms with E-state index in [-0.39, 0.29) is 5.91 Å². The fourth-order valence-electron chi connectivity index (χ4n) is 3.06. The van der Waals surface area contributed by atoms with Crippen molar-refractivity contribution in [2.24, 2.45) is 0 Å². The summed E-state index contributed by atoms with van der Waals surface area (Å²) in [6.45, 7) is 4.82. The van der Waals surface area contributed by atoms with Gasteiger partial charge in [0.15, 0.2) is 0 Å². The summed E-state index contributed by atoms with van der Waals surface area (Å²) in [5.74, 6) is -0.125. The minimum absolute atomic E-state index is 0.125. The average molecular weight is 369 g/mol. The molecular weight excluding hydrogens is 348 g/mol. The number of anilines is 1. The zero-order chi connectivity index (χ0) is 18.4. The maximum Gasteiger partial charge on any atom is 0.238 e. The molecule has 6 heteroatoms. The number of benzene rings is 2. The zero-order valence-electron chi connectivity index (χ0n) is 14.5. The Balaban J connectivity index is 1.48. The molecule has 0 radical (unpaired) electrons. The molecule has 2 aromatic rings. The number of hydrogen-bond acceptors (Lipinski definition) is 4. The number of nitriles is 1. The molecule has 0 bridgehead atoms. The number of amides is 1. The van der Waals surface area contributed by atoms with Crippen molar-refractivity contribution in [1.82, 2.24) is 9.80 Å². The van der Waals surface area contributed by atoms with Crippen molar-refractivity contribution < 1.29 is 4.79 Å². The second-order valence-corrected chi connectivity index (χ2v) is 6.82. The average Bonchev–Trinajstić information content (AvgIpc) is 2.64. The lowest BCUT2D eigenvalue weighted by Gasteiger charge is -2.34. The summed E-state index contributed by atoms with van der Waals surface area (Å²) >= 11 is 5.96. The molecule has 1 fully saturated rings. The molecule has 1 N–H and O–H groups in total. The maximum atomic E-state index is 12.3. The molecular formula is C20H21ClN4O. The van der Waals surface area contributed by atoms with Crippen LogP contribution in [-0.2, 0) is 11.3 Å². The Labute approximate surface area is 158 Å². The fraction of sp³-hybridized carbons (Fsp3) is 0.300. The molecule has 0 unspecified atom stereocenters. The highest BCUT2D eigenvalue weighted by molar-refractivity contribution is 6.31. The highest BCUT2D eigenvalue weighted by Gasteiger charge is 2.19. The van der Waals surface area contributed by atoms with Gasteiger partial charge in [-0.1, -0.05) is 41.9 Å². The molecule has 134 valence electrons. The second kappa shape index (κ2) is 8.81. The molecule has 1 saturated heterocycles.